The van der Waals surface area contributed by atoms with Crippen LogP contribution in [0.1, 0.15) is 21.5 Å². The molecule has 0 fully saturated rings. The van der Waals surface area contributed by atoms with Crippen LogP contribution in [0.3, 0.4) is 0 Å². The second-order valence-corrected chi connectivity index (χ2v) is 4.96. The average Bonchev–Trinajstić information content (AvgIpc) is 2.47. The number of nitrogens with one attached hydrogen (secondary N) is 2. The zero-order chi connectivity index (χ0) is 14.5. The van der Waals surface area contributed by atoms with Crippen LogP contribution >= 0.6 is 11.6 Å². The Morgan fingerprint density at radius 2 is 1.95 bits per heavy atom. The minimum absolute atomic E-state index is 0.186. The molecule has 0 heterocycles. The molecular weight excluding hydrogens is 272 g/mol. The third-order valence-corrected chi connectivity index (χ3v) is 3.51. The summed E-state index contributed by atoms with van der Waals surface area (Å²) >= 11 is 6.02. The van der Waals surface area contributed by atoms with E-state index in [1.54, 1.807) is 19.2 Å². The number of hydrogen-bond donors (Lipinski definition) is 2. The van der Waals surface area contributed by atoms with Gasteiger partial charge in [-0.1, -0.05) is 35.9 Å². The molecule has 20 heavy (non-hydrogen) atoms. The molecule has 0 bridgehead atoms. The SMILES string of the molecule is CNC(=O)c1cc(NCc2ccccc2C)ccc1Cl. The smallest absolute Gasteiger partial charge is 0.252 e. The molecule has 0 aromatic heterocycles. The van der Waals surface area contributed by atoms with Crippen LogP contribution in [-0.2, 0) is 6.54 Å². The van der Waals surface area contributed by atoms with Gasteiger partial charge in [0.25, 0.3) is 5.91 Å². The molecule has 2 rings (SSSR count). The zero-order valence-corrected chi connectivity index (χ0v) is 12.3. The van der Waals surface area contributed by atoms with E-state index in [4.69, 9.17) is 11.6 Å². The Morgan fingerprint density at radius 3 is 2.65 bits per heavy atom. The summed E-state index contributed by atoms with van der Waals surface area (Å²) in [6.07, 6.45) is 0. The molecule has 0 atom stereocenters. The van der Waals surface area contributed by atoms with Crippen LogP contribution in [-0.4, -0.2) is 13.0 Å². The Morgan fingerprint density at radius 1 is 1.20 bits per heavy atom. The number of halogens is 1. The average molecular weight is 289 g/mol. The van der Waals surface area contributed by atoms with Crippen LogP contribution in [0.5, 0.6) is 0 Å². The van der Waals surface area contributed by atoms with Crippen molar-refractivity contribution in [3.05, 3.63) is 64.2 Å². The normalized spacial score (nSPS) is 10.2. The minimum Gasteiger partial charge on any atom is -0.381 e. The van der Waals surface area contributed by atoms with Gasteiger partial charge in [-0.15, -0.1) is 0 Å². The van der Waals surface area contributed by atoms with E-state index in [2.05, 4.69) is 29.7 Å². The Labute approximate surface area is 124 Å². The second-order valence-electron chi connectivity index (χ2n) is 4.55. The van der Waals surface area contributed by atoms with E-state index in [0.29, 0.717) is 17.1 Å². The molecule has 2 aromatic carbocycles. The van der Waals surface area contributed by atoms with E-state index in [1.165, 1.54) is 11.1 Å². The van der Waals surface area contributed by atoms with E-state index < -0.39 is 0 Å². The van der Waals surface area contributed by atoms with Gasteiger partial charge in [0.1, 0.15) is 0 Å². The van der Waals surface area contributed by atoms with E-state index in [0.717, 1.165) is 5.69 Å². The monoisotopic (exact) mass is 288 g/mol. The lowest BCUT2D eigenvalue weighted by Crippen LogP contribution is -2.18. The first-order valence-corrected chi connectivity index (χ1v) is 6.79. The van der Waals surface area contributed by atoms with Gasteiger partial charge in [-0.3, -0.25) is 4.79 Å². The fourth-order valence-corrected chi connectivity index (χ4v) is 2.15. The number of carbonyl (C=O) groups excluding carboxylic acids is 1. The molecule has 104 valence electrons. The highest BCUT2D eigenvalue weighted by Gasteiger charge is 2.09. The highest BCUT2D eigenvalue weighted by molar-refractivity contribution is 6.34. The molecule has 0 aliphatic heterocycles. The third kappa shape index (κ3) is 3.31. The summed E-state index contributed by atoms with van der Waals surface area (Å²) in [7, 11) is 1.59. The van der Waals surface area contributed by atoms with Gasteiger partial charge in [-0.05, 0) is 36.2 Å². The summed E-state index contributed by atoms with van der Waals surface area (Å²) < 4.78 is 0. The van der Waals surface area contributed by atoms with Gasteiger partial charge in [0.2, 0.25) is 0 Å². The van der Waals surface area contributed by atoms with Crippen molar-refractivity contribution in [1.29, 1.82) is 0 Å². The number of rotatable bonds is 4. The predicted octanol–water partition coefficient (Wildman–Crippen LogP) is 3.62. The highest BCUT2D eigenvalue weighted by Crippen LogP contribution is 2.21. The molecule has 3 nitrogen and oxygen atoms in total. The van der Waals surface area contributed by atoms with Gasteiger partial charge in [0.05, 0.1) is 10.6 Å². The van der Waals surface area contributed by atoms with Gasteiger partial charge in [-0.2, -0.15) is 0 Å². The molecule has 1 amide bonds. The molecule has 0 unspecified atom stereocenters. The summed E-state index contributed by atoms with van der Waals surface area (Å²) in [5.41, 5.74) is 3.81. The zero-order valence-electron chi connectivity index (χ0n) is 11.5. The van der Waals surface area contributed by atoms with Crippen molar-refractivity contribution in [2.24, 2.45) is 0 Å². The Kier molecular flexibility index (Phi) is 4.64. The quantitative estimate of drug-likeness (QED) is 0.902. The molecule has 0 radical (unpaired) electrons. The number of amides is 1. The first kappa shape index (κ1) is 14.4. The molecule has 0 aliphatic rings. The van der Waals surface area contributed by atoms with Gasteiger partial charge in [0.15, 0.2) is 0 Å². The van der Waals surface area contributed by atoms with Gasteiger partial charge >= 0.3 is 0 Å². The molecule has 2 aromatic rings. The third-order valence-electron chi connectivity index (χ3n) is 3.18. The standard InChI is InChI=1S/C16H17ClN2O/c1-11-5-3-4-6-12(11)10-19-13-7-8-15(17)14(9-13)16(20)18-2/h3-9,19H,10H2,1-2H3,(H,18,20). The van der Waals surface area contributed by atoms with Crippen LogP contribution in [0.2, 0.25) is 5.02 Å². The van der Waals surface area contributed by atoms with Gasteiger partial charge in [-0.25, -0.2) is 0 Å². The number of carbonyl (C=O) groups is 1. The molecular formula is C16H17ClN2O. The lowest BCUT2D eigenvalue weighted by molar-refractivity contribution is 0.0963. The van der Waals surface area contributed by atoms with E-state index >= 15 is 0 Å². The van der Waals surface area contributed by atoms with Crippen molar-refractivity contribution in [3.8, 4) is 0 Å². The maximum absolute atomic E-state index is 11.7. The lowest BCUT2D eigenvalue weighted by atomic mass is 10.1. The van der Waals surface area contributed by atoms with Crippen LogP contribution in [0.15, 0.2) is 42.5 Å². The maximum Gasteiger partial charge on any atom is 0.252 e. The topological polar surface area (TPSA) is 41.1 Å². The van der Waals surface area contributed by atoms with Crippen molar-refractivity contribution in [3.63, 3.8) is 0 Å². The fourth-order valence-electron chi connectivity index (χ4n) is 1.95. The second kappa shape index (κ2) is 6.44. The molecule has 0 aliphatic carbocycles. The first-order chi connectivity index (χ1) is 9.61. The van der Waals surface area contributed by atoms with Gasteiger partial charge < -0.3 is 10.6 Å². The molecule has 0 saturated carbocycles. The number of benzene rings is 2. The number of hydrogen-bond acceptors (Lipinski definition) is 2. The Hall–Kier alpha value is -2.00. The molecule has 4 heteroatoms. The Balaban J connectivity index is 2.14. The van der Waals surface area contributed by atoms with Crippen molar-refractivity contribution in [2.75, 3.05) is 12.4 Å². The van der Waals surface area contributed by atoms with Crippen molar-refractivity contribution in [2.45, 2.75) is 13.5 Å². The van der Waals surface area contributed by atoms with Crippen molar-refractivity contribution >= 4 is 23.2 Å². The summed E-state index contributed by atoms with van der Waals surface area (Å²) in [5, 5.41) is 6.34. The fraction of sp³-hybridized carbons (Fsp3) is 0.188. The van der Waals surface area contributed by atoms with Crippen LogP contribution in [0.25, 0.3) is 0 Å². The predicted molar refractivity (Wildman–Crippen MR) is 83.3 cm³/mol. The largest absolute Gasteiger partial charge is 0.381 e. The summed E-state index contributed by atoms with van der Waals surface area (Å²) in [6.45, 7) is 2.79. The highest BCUT2D eigenvalue weighted by atomic mass is 35.5. The van der Waals surface area contributed by atoms with Crippen molar-refractivity contribution in [1.82, 2.24) is 5.32 Å². The summed E-state index contributed by atoms with van der Waals surface area (Å²) in [6, 6.07) is 13.6. The molecule has 2 N–H and O–H groups in total. The lowest BCUT2D eigenvalue weighted by Gasteiger charge is -2.11. The molecule has 0 saturated heterocycles. The van der Waals surface area contributed by atoms with E-state index in [9.17, 15) is 4.79 Å². The van der Waals surface area contributed by atoms with Crippen molar-refractivity contribution < 1.29 is 4.79 Å². The van der Waals surface area contributed by atoms with Crippen LogP contribution < -0.4 is 10.6 Å². The summed E-state index contributed by atoms with van der Waals surface area (Å²) in [5.74, 6) is -0.186. The minimum atomic E-state index is -0.186. The maximum atomic E-state index is 11.7. The summed E-state index contributed by atoms with van der Waals surface area (Å²) in [4.78, 5) is 11.7. The molecule has 0 spiro atoms. The Bertz CT molecular complexity index is 626. The van der Waals surface area contributed by atoms with Crippen LogP contribution in [0, 0.1) is 6.92 Å². The van der Waals surface area contributed by atoms with Gasteiger partial charge in [0, 0.05) is 19.3 Å². The van der Waals surface area contributed by atoms with Crippen LogP contribution in [0.4, 0.5) is 5.69 Å². The number of anilines is 1. The van der Waals surface area contributed by atoms with E-state index in [1.807, 2.05) is 18.2 Å². The first-order valence-electron chi connectivity index (χ1n) is 6.42. The van der Waals surface area contributed by atoms with E-state index in [-0.39, 0.29) is 5.91 Å². The number of aryl methyl sites for hydroxylation is 1.